The van der Waals surface area contributed by atoms with Crippen molar-refractivity contribution in [1.29, 1.82) is 0 Å². The number of nitrogens with zero attached hydrogens (tertiary/aromatic N) is 1. The van der Waals surface area contributed by atoms with Crippen LogP contribution in [0.1, 0.15) is 50.5 Å². The number of hydrogen-bond donors (Lipinski definition) is 0. The second-order valence-electron chi connectivity index (χ2n) is 5.03. The van der Waals surface area contributed by atoms with E-state index in [1.54, 1.807) is 10.4 Å². The van der Waals surface area contributed by atoms with Crippen LogP contribution >= 0.6 is 22.9 Å². The lowest BCUT2D eigenvalue weighted by Crippen LogP contribution is -2.38. The van der Waals surface area contributed by atoms with E-state index in [1.807, 2.05) is 20.8 Å². The average molecular weight is 338 g/mol. The lowest BCUT2D eigenvalue weighted by atomic mass is 10.2. The Morgan fingerprint density at radius 2 is 2.05 bits per heavy atom. The smallest absolute Gasteiger partial charge is 0.206 e. The van der Waals surface area contributed by atoms with E-state index in [2.05, 4.69) is 6.92 Å². The molecule has 0 aliphatic rings. The summed E-state index contributed by atoms with van der Waals surface area (Å²) in [6, 6.07) is 1.77. The van der Waals surface area contributed by atoms with Gasteiger partial charge in [-0.15, -0.1) is 22.9 Å². The van der Waals surface area contributed by atoms with E-state index in [1.165, 1.54) is 11.3 Å². The highest BCUT2D eigenvalue weighted by molar-refractivity contribution is 7.91. The maximum atomic E-state index is 12.8. The van der Waals surface area contributed by atoms with Crippen molar-refractivity contribution in [1.82, 2.24) is 4.31 Å². The Balaban J connectivity index is 3.14. The molecule has 0 radical (unpaired) electrons. The van der Waals surface area contributed by atoms with E-state index in [0.717, 1.165) is 29.7 Å². The summed E-state index contributed by atoms with van der Waals surface area (Å²) in [6.07, 6.45) is 2.69. The maximum absolute atomic E-state index is 12.8. The second kappa shape index (κ2) is 7.78. The van der Waals surface area contributed by atoms with Crippen molar-refractivity contribution in [3.8, 4) is 0 Å². The fourth-order valence-electron chi connectivity index (χ4n) is 1.96. The summed E-state index contributed by atoms with van der Waals surface area (Å²) in [5.74, 6) is 0.365. The quantitative estimate of drug-likeness (QED) is 0.660. The summed E-state index contributed by atoms with van der Waals surface area (Å²) in [4.78, 5) is 0.935. The Bertz CT molecular complexity index is 525. The third kappa shape index (κ3) is 3.97. The Morgan fingerprint density at radius 3 is 2.50 bits per heavy atom. The number of hydrogen-bond acceptors (Lipinski definition) is 3. The molecule has 1 rings (SSSR count). The van der Waals surface area contributed by atoms with Crippen molar-refractivity contribution in [2.75, 3.05) is 6.54 Å². The zero-order chi connectivity index (χ0) is 15.3. The maximum Gasteiger partial charge on any atom is 0.252 e. The van der Waals surface area contributed by atoms with Gasteiger partial charge in [-0.05, 0) is 38.3 Å². The fourth-order valence-corrected chi connectivity index (χ4v) is 5.65. The van der Waals surface area contributed by atoms with E-state index < -0.39 is 10.0 Å². The summed E-state index contributed by atoms with van der Waals surface area (Å²) in [5.41, 5.74) is 0.961. The monoisotopic (exact) mass is 337 g/mol. The minimum absolute atomic E-state index is 0.0217. The number of unbranched alkanes of at least 4 members (excludes halogenated alkanes) is 1. The van der Waals surface area contributed by atoms with Crippen LogP contribution in [0.5, 0.6) is 0 Å². The SMILES string of the molecule is CCCCN(C(C)CC)S(=O)(=O)c1cc(C)c(CCl)s1. The molecule has 1 atom stereocenters. The first-order valence-corrected chi connectivity index (χ1v) is 9.84. The topological polar surface area (TPSA) is 37.4 Å². The van der Waals surface area contributed by atoms with Crippen LogP contribution in [-0.4, -0.2) is 25.3 Å². The molecular formula is C14H24ClNO2S2. The van der Waals surface area contributed by atoms with Crippen LogP contribution in [0.4, 0.5) is 0 Å². The van der Waals surface area contributed by atoms with Gasteiger partial charge in [0.1, 0.15) is 4.21 Å². The zero-order valence-electron chi connectivity index (χ0n) is 12.6. The number of sulfonamides is 1. The molecule has 0 spiro atoms. The molecule has 0 aliphatic carbocycles. The second-order valence-corrected chi connectivity index (χ2v) is 8.55. The van der Waals surface area contributed by atoms with Gasteiger partial charge in [0.05, 0.1) is 5.88 Å². The molecule has 20 heavy (non-hydrogen) atoms. The van der Waals surface area contributed by atoms with Crippen molar-refractivity contribution in [2.24, 2.45) is 0 Å². The minimum atomic E-state index is -3.40. The van der Waals surface area contributed by atoms with Gasteiger partial charge in [0.2, 0.25) is 0 Å². The normalized spacial score (nSPS) is 13.9. The predicted octanol–water partition coefficient (Wildman–Crippen LogP) is 4.38. The number of halogens is 1. The molecule has 0 aliphatic heterocycles. The van der Waals surface area contributed by atoms with Gasteiger partial charge in [-0.3, -0.25) is 0 Å². The van der Waals surface area contributed by atoms with Gasteiger partial charge in [0.15, 0.2) is 0 Å². The summed E-state index contributed by atoms with van der Waals surface area (Å²) in [7, 11) is -3.40. The molecule has 1 unspecified atom stereocenters. The van der Waals surface area contributed by atoms with Gasteiger partial charge in [-0.25, -0.2) is 8.42 Å². The van der Waals surface area contributed by atoms with E-state index in [0.29, 0.717) is 16.6 Å². The lowest BCUT2D eigenvalue weighted by Gasteiger charge is -2.26. The van der Waals surface area contributed by atoms with Crippen LogP contribution < -0.4 is 0 Å². The first-order valence-electron chi connectivity index (χ1n) is 7.05. The first-order chi connectivity index (χ1) is 9.38. The van der Waals surface area contributed by atoms with Crippen LogP contribution in [-0.2, 0) is 15.9 Å². The molecule has 1 aromatic rings. The number of aryl methyl sites for hydroxylation is 1. The highest BCUT2D eigenvalue weighted by Gasteiger charge is 2.29. The van der Waals surface area contributed by atoms with Gasteiger partial charge in [0, 0.05) is 17.5 Å². The fraction of sp³-hybridized carbons (Fsp3) is 0.714. The highest BCUT2D eigenvalue weighted by atomic mass is 35.5. The summed E-state index contributed by atoms with van der Waals surface area (Å²) < 4.78 is 27.7. The molecule has 0 bridgehead atoms. The van der Waals surface area contributed by atoms with Gasteiger partial charge in [-0.2, -0.15) is 4.31 Å². The molecule has 3 nitrogen and oxygen atoms in total. The third-order valence-corrected chi connectivity index (χ3v) is 7.62. The Hall–Kier alpha value is -0.100. The molecular weight excluding hydrogens is 314 g/mol. The van der Waals surface area contributed by atoms with Crippen molar-refractivity contribution < 1.29 is 8.42 Å². The zero-order valence-corrected chi connectivity index (χ0v) is 15.0. The van der Waals surface area contributed by atoms with E-state index >= 15 is 0 Å². The molecule has 0 aromatic carbocycles. The molecule has 116 valence electrons. The van der Waals surface area contributed by atoms with Gasteiger partial charge >= 0.3 is 0 Å². The van der Waals surface area contributed by atoms with Crippen molar-refractivity contribution in [3.05, 3.63) is 16.5 Å². The lowest BCUT2D eigenvalue weighted by molar-refractivity contribution is 0.325. The predicted molar refractivity (Wildman–Crippen MR) is 87.2 cm³/mol. The summed E-state index contributed by atoms with van der Waals surface area (Å²) in [6.45, 7) is 8.55. The van der Waals surface area contributed by atoms with E-state index in [9.17, 15) is 8.42 Å². The van der Waals surface area contributed by atoms with Crippen LogP contribution in [0.2, 0.25) is 0 Å². The largest absolute Gasteiger partial charge is 0.252 e. The van der Waals surface area contributed by atoms with Crippen LogP contribution in [0, 0.1) is 6.92 Å². The Kier molecular flexibility index (Phi) is 6.98. The highest BCUT2D eigenvalue weighted by Crippen LogP contribution is 2.30. The molecule has 6 heteroatoms. The standard InChI is InChI=1S/C14H24ClNO2S2/c1-5-7-8-16(12(4)6-2)20(17,18)14-9-11(3)13(10-15)19-14/h9,12H,5-8,10H2,1-4H3. The average Bonchev–Trinajstić information content (AvgIpc) is 2.80. The molecule has 1 aromatic heterocycles. The summed E-state index contributed by atoms with van der Waals surface area (Å²) in [5, 5.41) is 0. The van der Waals surface area contributed by atoms with Crippen LogP contribution in [0.15, 0.2) is 10.3 Å². The minimum Gasteiger partial charge on any atom is -0.206 e. The number of thiophene rings is 1. The van der Waals surface area contributed by atoms with Crippen molar-refractivity contribution in [2.45, 2.75) is 63.1 Å². The summed E-state index contributed by atoms with van der Waals surface area (Å²) >= 11 is 7.15. The van der Waals surface area contributed by atoms with Crippen LogP contribution in [0.3, 0.4) is 0 Å². The number of alkyl halides is 1. The molecule has 0 fully saturated rings. The molecule has 1 heterocycles. The van der Waals surface area contributed by atoms with Gasteiger partial charge < -0.3 is 0 Å². The van der Waals surface area contributed by atoms with Crippen molar-refractivity contribution in [3.63, 3.8) is 0 Å². The molecule has 0 amide bonds. The molecule has 0 saturated heterocycles. The van der Waals surface area contributed by atoms with Gasteiger partial charge in [0.25, 0.3) is 10.0 Å². The first kappa shape index (κ1) is 18.0. The third-order valence-electron chi connectivity index (χ3n) is 3.50. The van der Waals surface area contributed by atoms with Crippen molar-refractivity contribution >= 4 is 33.0 Å². The number of rotatable bonds is 8. The Morgan fingerprint density at radius 1 is 1.40 bits per heavy atom. The van der Waals surface area contributed by atoms with E-state index in [-0.39, 0.29) is 6.04 Å². The molecule has 0 saturated carbocycles. The van der Waals surface area contributed by atoms with E-state index in [4.69, 9.17) is 11.6 Å². The molecule has 0 N–H and O–H groups in total. The Labute approximate surface area is 132 Å². The van der Waals surface area contributed by atoms with Gasteiger partial charge in [-0.1, -0.05) is 20.3 Å². The van der Waals surface area contributed by atoms with Crippen LogP contribution in [0.25, 0.3) is 0 Å².